The van der Waals surface area contributed by atoms with Gasteiger partial charge in [-0.05, 0) is 25.1 Å². The van der Waals surface area contributed by atoms with Crippen molar-refractivity contribution in [3.05, 3.63) is 34.6 Å². The van der Waals surface area contributed by atoms with Crippen LogP contribution in [0.5, 0.6) is 0 Å². The van der Waals surface area contributed by atoms with Gasteiger partial charge in [-0.25, -0.2) is 0 Å². The maximum absolute atomic E-state index is 12.1. The summed E-state index contributed by atoms with van der Waals surface area (Å²) in [6.07, 6.45) is 1.59. The molecular formula is C12H12Cl2N4OS. The number of carbonyl (C=O) groups excluding carboxylic acids is 1. The molecule has 106 valence electrons. The van der Waals surface area contributed by atoms with Crippen LogP contribution in [0.15, 0.2) is 29.7 Å². The SMILES string of the molecule is C[C@H](Sc1nncn1C)C(=O)Nc1ccc(Cl)cc1Cl. The van der Waals surface area contributed by atoms with E-state index in [4.69, 9.17) is 23.2 Å². The molecule has 0 radical (unpaired) electrons. The number of aryl methyl sites for hydroxylation is 1. The number of nitrogens with one attached hydrogen (secondary N) is 1. The van der Waals surface area contributed by atoms with E-state index < -0.39 is 0 Å². The molecule has 5 nitrogen and oxygen atoms in total. The van der Waals surface area contributed by atoms with Crippen molar-refractivity contribution in [2.24, 2.45) is 7.05 Å². The van der Waals surface area contributed by atoms with Gasteiger partial charge < -0.3 is 9.88 Å². The number of nitrogens with zero attached hydrogens (tertiary/aromatic N) is 3. The molecule has 0 fully saturated rings. The second kappa shape index (κ2) is 6.47. The highest BCUT2D eigenvalue weighted by Crippen LogP contribution is 2.27. The molecule has 0 aliphatic carbocycles. The second-order valence-electron chi connectivity index (χ2n) is 4.10. The number of carbonyl (C=O) groups is 1. The van der Waals surface area contributed by atoms with Gasteiger partial charge in [-0.1, -0.05) is 35.0 Å². The molecule has 1 amide bonds. The van der Waals surface area contributed by atoms with Gasteiger partial charge in [0.15, 0.2) is 5.16 Å². The molecule has 1 heterocycles. The molecular weight excluding hydrogens is 319 g/mol. The van der Waals surface area contributed by atoms with Crippen molar-refractivity contribution in [3.8, 4) is 0 Å². The van der Waals surface area contributed by atoms with Crippen LogP contribution < -0.4 is 5.32 Å². The summed E-state index contributed by atoms with van der Waals surface area (Å²) in [6, 6.07) is 4.92. The Balaban J connectivity index is 2.02. The molecule has 0 saturated carbocycles. The summed E-state index contributed by atoms with van der Waals surface area (Å²) >= 11 is 13.1. The summed E-state index contributed by atoms with van der Waals surface area (Å²) in [5.41, 5.74) is 0.534. The zero-order chi connectivity index (χ0) is 14.7. The van der Waals surface area contributed by atoms with Gasteiger partial charge >= 0.3 is 0 Å². The van der Waals surface area contributed by atoms with Crippen LogP contribution in [0.4, 0.5) is 5.69 Å². The first-order chi connectivity index (χ1) is 9.47. The number of amides is 1. The second-order valence-corrected chi connectivity index (χ2v) is 6.25. The number of benzene rings is 1. The average molecular weight is 331 g/mol. The fourth-order valence-electron chi connectivity index (χ4n) is 1.42. The first-order valence-corrected chi connectivity index (χ1v) is 7.37. The van der Waals surface area contributed by atoms with E-state index in [1.54, 1.807) is 36.0 Å². The van der Waals surface area contributed by atoms with Crippen molar-refractivity contribution in [3.63, 3.8) is 0 Å². The Morgan fingerprint density at radius 2 is 2.20 bits per heavy atom. The smallest absolute Gasteiger partial charge is 0.237 e. The summed E-state index contributed by atoms with van der Waals surface area (Å²) in [6.45, 7) is 1.79. The Kier molecular flexibility index (Phi) is 4.91. The Morgan fingerprint density at radius 1 is 1.45 bits per heavy atom. The minimum absolute atomic E-state index is 0.165. The lowest BCUT2D eigenvalue weighted by atomic mass is 10.3. The summed E-state index contributed by atoms with van der Waals surface area (Å²) in [4.78, 5) is 12.1. The Morgan fingerprint density at radius 3 is 2.80 bits per heavy atom. The minimum Gasteiger partial charge on any atom is -0.324 e. The van der Waals surface area contributed by atoms with Gasteiger partial charge in [0, 0.05) is 12.1 Å². The quantitative estimate of drug-likeness (QED) is 0.874. The summed E-state index contributed by atoms with van der Waals surface area (Å²) in [5, 5.41) is 11.7. The molecule has 20 heavy (non-hydrogen) atoms. The summed E-state index contributed by atoms with van der Waals surface area (Å²) in [5.74, 6) is -0.165. The monoisotopic (exact) mass is 330 g/mol. The minimum atomic E-state index is -0.329. The predicted molar refractivity (Wildman–Crippen MR) is 81.4 cm³/mol. The van der Waals surface area contributed by atoms with E-state index in [2.05, 4.69) is 15.5 Å². The highest BCUT2D eigenvalue weighted by molar-refractivity contribution is 8.00. The zero-order valence-electron chi connectivity index (χ0n) is 10.8. The number of aromatic nitrogens is 3. The Hall–Kier alpha value is -1.24. The van der Waals surface area contributed by atoms with Crippen LogP contribution in [0.1, 0.15) is 6.92 Å². The molecule has 2 aromatic rings. The van der Waals surface area contributed by atoms with Gasteiger partial charge in [0.05, 0.1) is 16.0 Å². The third-order valence-electron chi connectivity index (χ3n) is 2.51. The lowest BCUT2D eigenvalue weighted by Gasteiger charge is -2.12. The molecule has 2 rings (SSSR count). The van der Waals surface area contributed by atoms with Crippen LogP contribution >= 0.6 is 35.0 Å². The molecule has 0 aliphatic heterocycles. The highest BCUT2D eigenvalue weighted by atomic mass is 35.5. The van der Waals surface area contributed by atoms with Gasteiger partial charge in [-0.2, -0.15) is 0 Å². The maximum Gasteiger partial charge on any atom is 0.237 e. The number of hydrogen-bond donors (Lipinski definition) is 1. The zero-order valence-corrected chi connectivity index (χ0v) is 13.1. The molecule has 1 aromatic carbocycles. The van der Waals surface area contributed by atoms with Crippen molar-refractivity contribution in [1.29, 1.82) is 0 Å². The molecule has 0 bridgehead atoms. The third kappa shape index (κ3) is 3.65. The third-order valence-corrected chi connectivity index (χ3v) is 4.21. The fraction of sp³-hybridized carbons (Fsp3) is 0.250. The largest absolute Gasteiger partial charge is 0.324 e. The van der Waals surface area contributed by atoms with Gasteiger partial charge in [-0.15, -0.1) is 10.2 Å². The van der Waals surface area contributed by atoms with E-state index in [1.807, 2.05) is 7.05 Å². The Labute approximate surface area is 130 Å². The van der Waals surface area contributed by atoms with Crippen molar-refractivity contribution < 1.29 is 4.79 Å². The average Bonchev–Trinajstić information content (AvgIpc) is 2.78. The van der Waals surface area contributed by atoms with Crippen molar-refractivity contribution in [2.75, 3.05) is 5.32 Å². The van der Waals surface area contributed by atoms with E-state index in [0.29, 0.717) is 20.9 Å². The molecule has 1 atom stereocenters. The van der Waals surface area contributed by atoms with Crippen LogP contribution in [0, 0.1) is 0 Å². The van der Waals surface area contributed by atoms with Crippen LogP contribution in [0.2, 0.25) is 10.0 Å². The Bertz CT molecular complexity index is 632. The van der Waals surface area contributed by atoms with Crippen molar-refractivity contribution in [2.45, 2.75) is 17.3 Å². The maximum atomic E-state index is 12.1. The van der Waals surface area contributed by atoms with E-state index >= 15 is 0 Å². The van der Waals surface area contributed by atoms with E-state index in [9.17, 15) is 4.79 Å². The van der Waals surface area contributed by atoms with Crippen LogP contribution in [-0.4, -0.2) is 25.9 Å². The number of hydrogen-bond acceptors (Lipinski definition) is 4. The molecule has 0 saturated heterocycles. The van der Waals surface area contributed by atoms with Crippen LogP contribution in [0.25, 0.3) is 0 Å². The molecule has 1 N–H and O–H groups in total. The van der Waals surface area contributed by atoms with Gasteiger partial charge in [0.2, 0.25) is 5.91 Å². The van der Waals surface area contributed by atoms with Crippen molar-refractivity contribution in [1.82, 2.24) is 14.8 Å². The first kappa shape index (κ1) is 15.2. The van der Waals surface area contributed by atoms with E-state index in [-0.39, 0.29) is 11.2 Å². The number of halogens is 2. The van der Waals surface area contributed by atoms with Crippen LogP contribution in [0.3, 0.4) is 0 Å². The fourth-order valence-corrected chi connectivity index (χ4v) is 2.66. The van der Waals surface area contributed by atoms with Gasteiger partial charge in [0.1, 0.15) is 6.33 Å². The number of anilines is 1. The molecule has 1 aromatic heterocycles. The first-order valence-electron chi connectivity index (χ1n) is 5.74. The molecule has 0 spiro atoms. The summed E-state index contributed by atoms with van der Waals surface area (Å²) in [7, 11) is 1.82. The van der Waals surface area contributed by atoms with E-state index in [1.165, 1.54) is 11.8 Å². The molecule has 0 aliphatic rings. The van der Waals surface area contributed by atoms with Crippen LogP contribution in [-0.2, 0) is 11.8 Å². The highest BCUT2D eigenvalue weighted by Gasteiger charge is 2.18. The van der Waals surface area contributed by atoms with Gasteiger partial charge in [-0.3, -0.25) is 4.79 Å². The molecule has 8 heteroatoms. The summed E-state index contributed by atoms with van der Waals surface area (Å²) < 4.78 is 1.75. The lowest BCUT2D eigenvalue weighted by Crippen LogP contribution is -2.23. The normalized spacial score (nSPS) is 12.2. The molecule has 0 unspecified atom stereocenters. The van der Waals surface area contributed by atoms with E-state index in [0.717, 1.165) is 0 Å². The lowest BCUT2D eigenvalue weighted by molar-refractivity contribution is -0.115. The van der Waals surface area contributed by atoms with Gasteiger partial charge in [0.25, 0.3) is 0 Å². The number of thioether (sulfide) groups is 1. The number of rotatable bonds is 4. The van der Waals surface area contributed by atoms with Crippen molar-refractivity contribution >= 4 is 46.6 Å². The standard InChI is InChI=1S/C12H12Cl2N4OS/c1-7(20-12-17-15-6-18(12)2)11(19)16-10-4-3-8(13)5-9(10)14/h3-7H,1-2H3,(H,16,19)/t7-/m0/s1. The topological polar surface area (TPSA) is 59.8 Å². The predicted octanol–water partition coefficient (Wildman–Crippen LogP) is 3.24.